The maximum Gasteiger partial charge on any atom is 0.123 e. The molecule has 0 aromatic heterocycles. The zero-order chi connectivity index (χ0) is 12.9. The van der Waals surface area contributed by atoms with Crippen molar-refractivity contribution in [3.05, 3.63) is 22.9 Å². The number of aliphatic hydroxyl groups excluding tert-OH is 1. The summed E-state index contributed by atoms with van der Waals surface area (Å²) in [6, 6.07) is 0. The van der Waals surface area contributed by atoms with Gasteiger partial charge in [-0.15, -0.1) is 0 Å². The fourth-order valence-corrected chi connectivity index (χ4v) is 1.22. The number of hydrogen-bond acceptors (Lipinski definition) is 3. The number of halogens is 1. The maximum atomic E-state index is 9.37. The molecule has 0 heterocycles. The van der Waals surface area contributed by atoms with E-state index < -0.39 is 6.10 Å². The SMILES string of the molecule is C=C(N/C(C)=N/N(C)C)/C(Cl)=C(/C)C(C)O. The molecule has 16 heavy (non-hydrogen) atoms. The lowest BCUT2D eigenvalue weighted by molar-refractivity contribution is 0.231. The van der Waals surface area contributed by atoms with Gasteiger partial charge in [0.1, 0.15) is 5.84 Å². The lowest BCUT2D eigenvalue weighted by Gasteiger charge is -2.14. The van der Waals surface area contributed by atoms with Crippen LogP contribution in [0.5, 0.6) is 0 Å². The fraction of sp³-hybridized carbons (Fsp3) is 0.545. The summed E-state index contributed by atoms with van der Waals surface area (Å²) in [5.74, 6) is 0.687. The van der Waals surface area contributed by atoms with E-state index >= 15 is 0 Å². The van der Waals surface area contributed by atoms with Crippen molar-refractivity contribution in [1.82, 2.24) is 10.3 Å². The number of nitrogens with one attached hydrogen (secondary N) is 1. The molecule has 0 aliphatic rings. The van der Waals surface area contributed by atoms with Crippen LogP contribution in [0.15, 0.2) is 28.0 Å². The van der Waals surface area contributed by atoms with Gasteiger partial charge in [0.25, 0.3) is 0 Å². The number of allylic oxidation sites excluding steroid dienone is 1. The Labute approximate surface area is 102 Å². The van der Waals surface area contributed by atoms with Gasteiger partial charge in [0.15, 0.2) is 0 Å². The molecule has 92 valence electrons. The van der Waals surface area contributed by atoms with Crippen molar-refractivity contribution >= 4 is 17.4 Å². The van der Waals surface area contributed by atoms with E-state index in [9.17, 15) is 5.11 Å². The van der Waals surface area contributed by atoms with E-state index in [1.54, 1.807) is 18.9 Å². The Morgan fingerprint density at radius 2 is 1.94 bits per heavy atom. The lowest BCUT2D eigenvalue weighted by atomic mass is 10.1. The largest absolute Gasteiger partial charge is 0.389 e. The first-order chi connectivity index (χ1) is 7.25. The van der Waals surface area contributed by atoms with Crippen molar-refractivity contribution < 1.29 is 5.11 Å². The van der Waals surface area contributed by atoms with Gasteiger partial charge in [-0.05, 0) is 26.3 Å². The van der Waals surface area contributed by atoms with Crippen molar-refractivity contribution in [2.75, 3.05) is 14.1 Å². The van der Waals surface area contributed by atoms with E-state index in [1.807, 2.05) is 21.0 Å². The van der Waals surface area contributed by atoms with Gasteiger partial charge in [0.2, 0.25) is 0 Å². The summed E-state index contributed by atoms with van der Waals surface area (Å²) < 4.78 is 0. The smallest absolute Gasteiger partial charge is 0.123 e. The van der Waals surface area contributed by atoms with Crippen LogP contribution in [0.2, 0.25) is 0 Å². The van der Waals surface area contributed by atoms with Crippen molar-refractivity contribution in [3.63, 3.8) is 0 Å². The molecule has 2 N–H and O–H groups in total. The van der Waals surface area contributed by atoms with E-state index in [0.717, 1.165) is 0 Å². The van der Waals surface area contributed by atoms with Gasteiger partial charge in [0.05, 0.1) is 16.8 Å². The molecular weight excluding hydrogens is 226 g/mol. The highest BCUT2D eigenvalue weighted by molar-refractivity contribution is 6.32. The van der Waals surface area contributed by atoms with Crippen LogP contribution in [0.4, 0.5) is 0 Å². The van der Waals surface area contributed by atoms with Crippen LogP contribution >= 0.6 is 11.6 Å². The van der Waals surface area contributed by atoms with Crippen LogP contribution in [0.3, 0.4) is 0 Å². The third kappa shape index (κ3) is 5.19. The minimum absolute atomic E-state index is 0.434. The summed E-state index contributed by atoms with van der Waals surface area (Å²) in [5.41, 5.74) is 1.21. The van der Waals surface area contributed by atoms with Gasteiger partial charge in [-0.2, -0.15) is 5.10 Å². The third-order valence-corrected chi connectivity index (χ3v) is 2.45. The first-order valence-corrected chi connectivity index (χ1v) is 5.36. The van der Waals surface area contributed by atoms with Gasteiger partial charge in [-0.25, -0.2) is 0 Å². The minimum Gasteiger partial charge on any atom is -0.389 e. The number of aliphatic hydroxyl groups is 1. The molecule has 0 aromatic carbocycles. The predicted octanol–water partition coefficient (Wildman–Crippen LogP) is 1.88. The fourth-order valence-electron chi connectivity index (χ4n) is 1.02. The van der Waals surface area contributed by atoms with Gasteiger partial charge >= 0.3 is 0 Å². The first-order valence-electron chi connectivity index (χ1n) is 4.98. The Hall–Kier alpha value is -1.00. The Morgan fingerprint density at radius 3 is 2.31 bits per heavy atom. The van der Waals surface area contributed by atoms with Gasteiger partial charge in [-0.3, -0.25) is 0 Å². The highest BCUT2D eigenvalue weighted by Gasteiger charge is 2.09. The molecule has 0 spiro atoms. The zero-order valence-electron chi connectivity index (χ0n) is 10.5. The molecule has 1 atom stereocenters. The van der Waals surface area contributed by atoms with E-state index in [1.165, 1.54) is 0 Å². The number of nitrogens with zero attached hydrogens (tertiary/aromatic N) is 2. The third-order valence-electron chi connectivity index (χ3n) is 1.92. The summed E-state index contributed by atoms with van der Waals surface area (Å²) in [6.45, 7) is 9.03. The van der Waals surface area contributed by atoms with Crippen LogP contribution in [0.25, 0.3) is 0 Å². The van der Waals surface area contributed by atoms with Crippen LogP contribution in [-0.4, -0.2) is 36.2 Å². The number of amidine groups is 1. The topological polar surface area (TPSA) is 47.9 Å². The van der Waals surface area contributed by atoms with Crippen molar-refractivity contribution in [2.45, 2.75) is 26.9 Å². The summed E-state index contributed by atoms with van der Waals surface area (Å²) in [5, 5.41) is 18.6. The molecule has 0 bridgehead atoms. The molecule has 0 saturated carbocycles. The summed E-state index contributed by atoms with van der Waals surface area (Å²) >= 11 is 6.05. The van der Waals surface area contributed by atoms with E-state index in [0.29, 0.717) is 22.1 Å². The van der Waals surface area contributed by atoms with E-state index in [-0.39, 0.29) is 0 Å². The normalized spacial score (nSPS) is 15.3. The van der Waals surface area contributed by atoms with E-state index in [2.05, 4.69) is 17.0 Å². The standard InChI is InChI=1S/C11H20ClN3O/c1-7(9(3)16)11(12)8(2)13-10(4)14-15(5)6/h9,16H,2H2,1,3-6H3,(H,13,14)/b11-7+. The van der Waals surface area contributed by atoms with Gasteiger partial charge < -0.3 is 15.4 Å². The molecule has 1 unspecified atom stereocenters. The zero-order valence-corrected chi connectivity index (χ0v) is 11.3. The summed E-state index contributed by atoms with van der Waals surface area (Å²) in [7, 11) is 3.65. The molecule has 0 aliphatic heterocycles. The Balaban J connectivity index is 4.67. The lowest BCUT2D eigenvalue weighted by Crippen LogP contribution is -2.23. The molecule has 0 aromatic rings. The second-order valence-corrected chi connectivity index (χ2v) is 4.19. The minimum atomic E-state index is -0.586. The number of hydrazone groups is 1. The second-order valence-electron chi connectivity index (χ2n) is 3.81. The Bertz CT molecular complexity index is 319. The first kappa shape index (κ1) is 15.0. The summed E-state index contributed by atoms with van der Waals surface area (Å²) in [4.78, 5) is 0. The number of rotatable bonds is 4. The molecular formula is C11H20ClN3O. The average Bonchev–Trinajstić information content (AvgIpc) is 2.13. The van der Waals surface area contributed by atoms with Gasteiger partial charge in [0, 0.05) is 14.1 Å². The molecule has 0 amide bonds. The van der Waals surface area contributed by atoms with Crippen molar-refractivity contribution in [3.8, 4) is 0 Å². The van der Waals surface area contributed by atoms with Crippen molar-refractivity contribution in [2.24, 2.45) is 5.10 Å². The highest BCUT2D eigenvalue weighted by atomic mass is 35.5. The summed E-state index contributed by atoms with van der Waals surface area (Å²) in [6.07, 6.45) is -0.586. The quantitative estimate of drug-likeness (QED) is 0.344. The molecule has 0 fully saturated rings. The van der Waals surface area contributed by atoms with Crippen molar-refractivity contribution in [1.29, 1.82) is 0 Å². The van der Waals surface area contributed by atoms with Gasteiger partial charge in [-0.1, -0.05) is 18.2 Å². The highest BCUT2D eigenvalue weighted by Crippen LogP contribution is 2.18. The Morgan fingerprint density at radius 1 is 1.44 bits per heavy atom. The monoisotopic (exact) mass is 245 g/mol. The molecule has 0 saturated heterocycles. The maximum absolute atomic E-state index is 9.37. The molecule has 0 radical (unpaired) electrons. The molecule has 0 aliphatic carbocycles. The van der Waals surface area contributed by atoms with Crippen LogP contribution in [-0.2, 0) is 0 Å². The number of hydrogen-bond donors (Lipinski definition) is 2. The Kier molecular flexibility index (Phi) is 6.14. The van der Waals surface area contributed by atoms with E-state index in [4.69, 9.17) is 11.6 Å². The van der Waals surface area contributed by atoms with Crippen LogP contribution in [0.1, 0.15) is 20.8 Å². The van der Waals surface area contributed by atoms with Crippen LogP contribution in [0, 0.1) is 0 Å². The second kappa shape index (κ2) is 6.55. The van der Waals surface area contributed by atoms with Crippen LogP contribution < -0.4 is 5.32 Å². The predicted molar refractivity (Wildman–Crippen MR) is 69.3 cm³/mol. The molecule has 0 rings (SSSR count). The molecule has 5 heteroatoms. The average molecular weight is 246 g/mol. The molecule has 4 nitrogen and oxygen atoms in total.